The van der Waals surface area contributed by atoms with Crippen LogP contribution >= 0.6 is 0 Å². The first-order valence-corrected chi connectivity index (χ1v) is 5.99. The molecule has 0 aliphatic carbocycles. The van der Waals surface area contributed by atoms with E-state index in [1.54, 1.807) is 6.26 Å². The molecule has 1 unspecified atom stereocenters. The zero-order valence-electron chi connectivity index (χ0n) is 10.3. The number of pyridine rings is 1. The van der Waals surface area contributed by atoms with Crippen molar-refractivity contribution in [3.8, 4) is 0 Å². The van der Waals surface area contributed by atoms with Crippen LogP contribution in [-0.4, -0.2) is 11.5 Å². The SMILES string of the molecule is CCCNC(c1cncc(C)c1)c1ccco1. The summed E-state index contributed by atoms with van der Waals surface area (Å²) in [5.41, 5.74) is 2.31. The van der Waals surface area contributed by atoms with E-state index in [9.17, 15) is 0 Å². The number of aryl methyl sites for hydroxylation is 1. The molecular formula is C14H18N2O. The van der Waals surface area contributed by atoms with Gasteiger partial charge in [0.05, 0.1) is 12.3 Å². The van der Waals surface area contributed by atoms with E-state index in [0.29, 0.717) is 0 Å². The minimum absolute atomic E-state index is 0.0948. The molecule has 0 spiro atoms. The van der Waals surface area contributed by atoms with Gasteiger partial charge in [-0.25, -0.2) is 0 Å². The molecule has 0 saturated carbocycles. The molecule has 0 bridgehead atoms. The Morgan fingerprint density at radius 3 is 2.94 bits per heavy atom. The number of nitrogens with zero attached hydrogens (tertiary/aromatic N) is 1. The van der Waals surface area contributed by atoms with Crippen molar-refractivity contribution in [1.82, 2.24) is 10.3 Å². The summed E-state index contributed by atoms with van der Waals surface area (Å²) in [6, 6.07) is 6.15. The predicted molar refractivity (Wildman–Crippen MR) is 67.8 cm³/mol. The van der Waals surface area contributed by atoms with E-state index in [1.807, 2.05) is 24.5 Å². The fourth-order valence-corrected chi connectivity index (χ4v) is 1.86. The van der Waals surface area contributed by atoms with E-state index >= 15 is 0 Å². The largest absolute Gasteiger partial charge is 0.467 e. The maximum Gasteiger partial charge on any atom is 0.125 e. The second kappa shape index (κ2) is 5.64. The predicted octanol–water partition coefficient (Wildman–Crippen LogP) is 3.07. The van der Waals surface area contributed by atoms with E-state index in [1.165, 1.54) is 0 Å². The van der Waals surface area contributed by atoms with Gasteiger partial charge in [-0.05, 0) is 43.1 Å². The van der Waals surface area contributed by atoms with E-state index in [4.69, 9.17) is 4.42 Å². The molecule has 0 aromatic carbocycles. The average molecular weight is 230 g/mol. The van der Waals surface area contributed by atoms with Crippen molar-refractivity contribution in [2.24, 2.45) is 0 Å². The summed E-state index contributed by atoms with van der Waals surface area (Å²) >= 11 is 0. The van der Waals surface area contributed by atoms with E-state index in [-0.39, 0.29) is 6.04 Å². The van der Waals surface area contributed by atoms with Crippen LogP contribution in [0.25, 0.3) is 0 Å². The lowest BCUT2D eigenvalue weighted by molar-refractivity contribution is 0.446. The third-order valence-corrected chi connectivity index (χ3v) is 2.66. The highest BCUT2D eigenvalue weighted by molar-refractivity contribution is 5.26. The molecule has 0 amide bonds. The van der Waals surface area contributed by atoms with Crippen LogP contribution in [0.3, 0.4) is 0 Å². The Kier molecular flexibility index (Phi) is 3.94. The van der Waals surface area contributed by atoms with Gasteiger partial charge in [-0.3, -0.25) is 4.98 Å². The van der Waals surface area contributed by atoms with Gasteiger partial charge in [0.15, 0.2) is 0 Å². The molecule has 2 aromatic rings. The van der Waals surface area contributed by atoms with Gasteiger partial charge in [0, 0.05) is 12.4 Å². The van der Waals surface area contributed by atoms with Crippen LogP contribution in [0.5, 0.6) is 0 Å². The van der Waals surface area contributed by atoms with Crippen LogP contribution in [0.1, 0.15) is 36.3 Å². The summed E-state index contributed by atoms with van der Waals surface area (Å²) in [6.07, 6.45) is 6.56. The van der Waals surface area contributed by atoms with Crippen LogP contribution in [-0.2, 0) is 0 Å². The molecule has 0 radical (unpaired) electrons. The smallest absolute Gasteiger partial charge is 0.125 e. The summed E-state index contributed by atoms with van der Waals surface area (Å²) in [5.74, 6) is 0.936. The summed E-state index contributed by atoms with van der Waals surface area (Å²) in [5, 5.41) is 3.48. The van der Waals surface area contributed by atoms with Crippen molar-refractivity contribution < 1.29 is 4.42 Å². The van der Waals surface area contributed by atoms with E-state index in [0.717, 1.165) is 29.9 Å². The lowest BCUT2D eigenvalue weighted by atomic mass is 10.1. The zero-order chi connectivity index (χ0) is 12.1. The van der Waals surface area contributed by atoms with Crippen molar-refractivity contribution >= 4 is 0 Å². The highest BCUT2D eigenvalue weighted by Crippen LogP contribution is 2.22. The number of hydrogen-bond acceptors (Lipinski definition) is 3. The summed E-state index contributed by atoms with van der Waals surface area (Å²) in [7, 11) is 0. The quantitative estimate of drug-likeness (QED) is 0.857. The maximum absolute atomic E-state index is 5.50. The van der Waals surface area contributed by atoms with Crippen molar-refractivity contribution in [3.63, 3.8) is 0 Å². The minimum Gasteiger partial charge on any atom is -0.467 e. The molecular weight excluding hydrogens is 212 g/mol. The monoisotopic (exact) mass is 230 g/mol. The third-order valence-electron chi connectivity index (χ3n) is 2.66. The van der Waals surface area contributed by atoms with Gasteiger partial charge >= 0.3 is 0 Å². The van der Waals surface area contributed by atoms with E-state index in [2.05, 4.69) is 30.2 Å². The number of hydrogen-bond donors (Lipinski definition) is 1. The normalized spacial score (nSPS) is 12.6. The van der Waals surface area contributed by atoms with Gasteiger partial charge in [-0.1, -0.05) is 13.0 Å². The van der Waals surface area contributed by atoms with Crippen molar-refractivity contribution in [3.05, 3.63) is 53.7 Å². The molecule has 2 heterocycles. The molecule has 0 aliphatic rings. The van der Waals surface area contributed by atoms with Crippen molar-refractivity contribution in [2.75, 3.05) is 6.54 Å². The Bertz CT molecular complexity index is 451. The standard InChI is InChI=1S/C14H18N2O/c1-3-6-16-14(13-5-4-7-17-13)12-8-11(2)9-15-10-12/h4-5,7-10,14,16H,3,6H2,1-2H3. The molecule has 0 saturated heterocycles. The lowest BCUT2D eigenvalue weighted by Gasteiger charge is -2.16. The average Bonchev–Trinajstić information content (AvgIpc) is 2.83. The molecule has 2 rings (SSSR count). The fraction of sp³-hybridized carbons (Fsp3) is 0.357. The van der Waals surface area contributed by atoms with Gasteiger partial charge in [0.25, 0.3) is 0 Å². The van der Waals surface area contributed by atoms with Crippen LogP contribution < -0.4 is 5.32 Å². The Hall–Kier alpha value is -1.61. The van der Waals surface area contributed by atoms with E-state index < -0.39 is 0 Å². The number of furan rings is 1. The number of nitrogens with one attached hydrogen (secondary N) is 1. The second-order valence-electron chi connectivity index (χ2n) is 4.20. The minimum atomic E-state index is 0.0948. The van der Waals surface area contributed by atoms with Crippen LogP contribution in [0.15, 0.2) is 41.3 Å². The second-order valence-corrected chi connectivity index (χ2v) is 4.20. The third kappa shape index (κ3) is 2.94. The van der Waals surface area contributed by atoms with Crippen LogP contribution in [0, 0.1) is 6.92 Å². The van der Waals surface area contributed by atoms with Gasteiger partial charge in [0.1, 0.15) is 5.76 Å². The maximum atomic E-state index is 5.50. The molecule has 0 aliphatic heterocycles. The molecule has 1 atom stereocenters. The first-order valence-electron chi connectivity index (χ1n) is 5.99. The summed E-state index contributed by atoms with van der Waals surface area (Å²) in [4.78, 5) is 4.24. The molecule has 0 fully saturated rings. The summed E-state index contributed by atoms with van der Waals surface area (Å²) < 4.78 is 5.50. The lowest BCUT2D eigenvalue weighted by Crippen LogP contribution is -2.23. The van der Waals surface area contributed by atoms with Crippen LogP contribution in [0.2, 0.25) is 0 Å². The fourth-order valence-electron chi connectivity index (χ4n) is 1.86. The Morgan fingerprint density at radius 1 is 1.41 bits per heavy atom. The highest BCUT2D eigenvalue weighted by atomic mass is 16.3. The zero-order valence-corrected chi connectivity index (χ0v) is 10.3. The van der Waals surface area contributed by atoms with Gasteiger partial charge < -0.3 is 9.73 Å². The Labute approximate surface area is 102 Å². The van der Waals surface area contributed by atoms with Crippen molar-refractivity contribution in [1.29, 1.82) is 0 Å². The molecule has 17 heavy (non-hydrogen) atoms. The first kappa shape index (κ1) is 11.9. The molecule has 3 heteroatoms. The number of rotatable bonds is 5. The summed E-state index contributed by atoms with van der Waals surface area (Å²) in [6.45, 7) is 5.16. The van der Waals surface area contributed by atoms with Crippen LogP contribution in [0.4, 0.5) is 0 Å². The number of aromatic nitrogens is 1. The molecule has 2 aromatic heterocycles. The Balaban J connectivity index is 2.27. The molecule has 3 nitrogen and oxygen atoms in total. The van der Waals surface area contributed by atoms with Crippen molar-refractivity contribution in [2.45, 2.75) is 26.3 Å². The topological polar surface area (TPSA) is 38.1 Å². The first-order chi connectivity index (χ1) is 8.31. The Morgan fingerprint density at radius 2 is 2.29 bits per heavy atom. The van der Waals surface area contributed by atoms with Gasteiger partial charge in [-0.2, -0.15) is 0 Å². The van der Waals surface area contributed by atoms with Gasteiger partial charge in [-0.15, -0.1) is 0 Å². The molecule has 1 N–H and O–H groups in total. The molecule has 90 valence electrons. The highest BCUT2D eigenvalue weighted by Gasteiger charge is 2.16. The van der Waals surface area contributed by atoms with Gasteiger partial charge in [0.2, 0.25) is 0 Å².